The van der Waals surface area contributed by atoms with Crippen LogP contribution in [-0.4, -0.2) is 41.3 Å². The van der Waals surface area contributed by atoms with E-state index in [0.717, 1.165) is 24.4 Å². The first-order chi connectivity index (χ1) is 11.0. The number of hydrogen-bond donors (Lipinski definition) is 1. The lowest BCUT2D eigenvalue weighted by Crippen LogP contribution is -2.36. The average molecular weight is 334 g/mol. The van der Waals surface area contributed by atoms with E-state index in [0.29, 0.717) is 6.54 Å². The van der Waals surface area contributed by atoms with Crippen LogP contribution in [0, 0.1) is 0 Å². The molecule has 0 aromatic heterocycles. The normalized spacial score (nSPS) is 18.4. The fraction of sp³-hybridized carbons (Fsp3) is 0.632. The van der Waals surface area contributed by atoms with Gasteiger partial charge in [0.05, 0.1) is 0 Å². The molecule has 0 radical (unpaired) electrons. The van der Waals surface area contributed by atoms with Crippen LogP contribution in [0.4, 0.5) is 10.5 Å². The summed E-state index contributed by atoms with van der Waals surface area (Å²) >= 11 is 0. The van der Waals surface area contributed by atoms with Gasteiger partial charge in [-0.3, -0.25) is 0 Å². The number of amides is 1. The van der Waals surface area contributed by atoms with Gasteiger partial charge in [-0.2, -0.15) is 0 Å². The molecule has 5 nitrogen and oxygen atoms in total. The topological polar surface area (TPSA) is 50.8 Å². The van der Waals surface area contributed by atoms with E-state index in [2.05, 4.69) is 5.32 Å². The number of rotatable bonds is 3. The Morgan fingerprint density at radius 1 is 1.08 bits per heavy atom. The van der Waals surface area contributed by atoms with Gasteiger partial charge in [0.2, 0.25) is 0 Å². The molecule has 134 valence electrons. The summed E-state index contributed by atoms with van der Waals surface area (Å²) in [5.74, 6) is 0.856. The van der Waals surface area contributed by atoms with Crippen molar-refractivity contribution in [3.63, 3.8) is 0 Å². The third-order valence-electron chi connectivity index (χ3n) is 3.49. The minimum Gasteiger partial charge on any atom is -0.488 e. The van der Waals surface area contributed by atoms with Crippen molar-refractivity contribution >= 4 is 11.8 Å². The van der Waals surface area contributed by atoms with Gasteiger partial charge in [0.25, 0.3) is 0 Å². The molecule has 1 aliphatic heterocycles. The number of ether oxygens (including phenoxy) is 2. The van der Waals surface area contributed by atoms with Crippen LogP contribution >= 0.6 is 0 Å². The molecule has 2 rings (SSSR count). The predicted molar refractivity (Wildman–Crippen MR) is 96.7 cm³/mol. The van der Waals surface area contributed by atoms with E-state index >= 15 is 0 Å². The smallest absolute Gasteiger partial charge is 0.410 e. The van der Waals surface area contributed by atoms with Gasteiger partial charge >= 0.3 is 6.09 Å². The molecule has 24 heavy (non-hydrogen) atoms. The lowest BCUT2D eigenvalue weighted by molar-refractivity contribution is 0.0293. The van der Waals surface area contributed by atoms with Gasteiger partial charge in [-0.1, -0.05) is 0 Å². The standard InChI is InChI=1S/C19H30N2O3/c1-18(2,3)23-16-9-7-14(8-10-16)20-15-11-12-21(13-15)17(22)24-19(4,5)6/h7-10,15,20H,11-13H2,1-6H3. The Balaban J connectivity index is 1.86. The second kappa shape index (κ2) is 6.91. The van der Waals surface area contributed by atoms with E-state index in [4.69, 9.17) is 9.47 Å². The van der Waals surface area contributed by atoms with Gasteiger partial charge in [0.1, 0.15) is 17.0 Å². The lowest BCUT2D eigenvalue weighted by Gasteiger charge is -2.24. The summed E-state index contributed by atoms with van der Waals surface area (Å²) < 4.78 is 11.2. The molecule has 0 bridgehead atoms. The van der Waals surface area contributed by atoms with Crippen LogP contribution < -0.4 is 10.1 Å². The Hall–Kier alpha value is -1.91. The molecule has 0 aliphatic carbocycles. The molecule has 1 N–H and O–H groups in total. The van der Waals surface area contributed by atoms with Gasteiger partial charge in [0, 0.05) is 24.8 Å². The van der Waals surface area contributed by atoms with E-state index in [9.17, 15) is 4.79 Å². The van der Waals surface area contributed by atoms with Gasteiger partial charge < -0.3 is 19.7 Å². The molecule has 1 heterocycles. The molecular formula is C19H30N2O3. The second-order valence-electron chi connectivity index (χ2n) is 8.30. The first-order valence-electron chi connectivity index (χ1n) is 8.55. The highest BCUT2D eigenvalue weighted by atomic mass is 16.6. The molecule has 0 spiro atoms. The van der Waals surface area contributed by atoms with Crippen molar-refractivity contribution in [2.75, 3.05) is 18.4 Å². The molecule has 0 saturated carbocycles. The maximum absolute atomic E-state index is 12.1. The van der Waals surface area contributed by atoms with Crippen LogP contribution in [0.15, 0.2) is 24.3 Å². The van der Waals surface area contributed by atoms with Gasteiger partial charge in [-0.05, 0) is 72.2 Å². The molecule has 1 amide bonds. The third kappa shape index (κ3) is 5.95. The number of nitrogens with zero attached hydrogens (tertiary/aromatic N) is 1. The lowest BCUT2D eigenvalue weighted by atomic mass is 10.2. The van der Waals surface area contributed by atoms with E-state index in [-0.39, 0.29) is 17.7 Å². The zero-order chi connectivity index (χ0) is 18.0. The van der Waals surface area contributed by atoms with E-state index in [1.165, 1.54) is 0 Å². The minimum atomic E-state index is -0.453. The van der Waals surface area contributed by atoms with E-state index in [1.807, 2.05) is 65.8 Å². The summed E-state index contributed by atoms with van der Waals surface area (Å²) in [5, 5.41) is 3.47. The Bertz CT molecular complexity index is 555. The Morgan fingerprint density at radius 2 is 1.71 bits per heavy atom. The summed E-state index contributed by atoms with van der Waals surface area (Å²) in [6.45, 7) is 13.1. The fourth-order valence-corrected chi connectivity index (χ4v) is 2.58. The maximum atomic E-state index is 12.1. The molecule has 1 aromatic carbocycles. The predicted octanol–water partition coefficient (Wildman–Crippen LogP) is 4.29. The molecule has 1 fully saturated rings. The average Bonchev–Trinajstić information content (AvgIpc) is 2.86. The highest BCUT2D eigenvalue weighted by Crippen LogP contribution is 2.23. The monoisotopic (exact) mass is 334 g/mol. The van der Waals surface area contributed by atoms with Crippen LogP contribution in [0.3, 0.4) is 0 Å². The minimum absolute atomic E-state index is 0.200. The van der Waals surface area contributed by atoms with Gasteiger partial charge in [-0.15, -0.1) is 0 Å². The maximum Gasteiger partial charge on any atom is 0.410 e. The zero-order valence-corrected chi connectivity index (χ0v) is 15.7. The number of hydrogen-bond acceptors (Lipinski definition) is 4. The van der Waals surface area contributed by atoms with Crippen LogP contribution in [0.2, 0.25) is 0 Å². The summed E-state index contributed by atoms with van der Waals surface area (Å²) in [4.78, 5) is 13.9. The molecule has 1 aliphatic rings. The highest BCUT2D eigenvalue weighted by Gasteiger charge is 2.29. The van der Waals surface area contributed by atoms with E-state index < -0.39 is 5.60 Å². The molecular weight excluding hydrogens is 304 g/mol. The largest absolute Gasteiger partial charge is 0.488 e. The summed E-state index contributed by atoms with van der Waals surface area (Å²) in [6, 6.07) is 8.20. The first kappa shape index (κ1) is 18.4. The van der Waals surface area contributed by atoms with Crippen molar-refractivity contribution in [3.05, 3.63) is 24.3 Å². The molecule has 1 saturated heterocycles. The Morgan fingerprint density at radius 3 is 2.25 bits per heavy atom. The van der Waals surface area contributed by atoms with Gasteiger partial charge in [0.15, 0.2) is 0 Å². The highest BCUT2D eigenvalue weighted by molar-refractivity contribution is 5.68. The number of benzene rings is 1. The number of nitrogens with one attached hydrogen (secondary N) is 1. The number of likely N-dealkylation sites (tertiary alicyclic amines) is 1. The van der Waals surface area contributed by atoms with Crippen LogP contribution in [0.5, 0.6) is 5.75 Å². The number of carbonyl (C=O) groups excluding carboxylic acids is 1. The quantitative estimate of drug-likeness (QED) is 0.896. The van der Waals surface area contributed by atoms with E-state index in [1.54, 1.807) is 4.90 Å². The summed E-state index contributed by atoms with van der Waals surface area (Å²) in [7, 11) is 0. The molecule has 1 aromatic rings. The van der Waals surface area contributed by atoms with Crippen LogP contribution in [-0.2, 0) is 4.74 Å². The first-order valence-corrected chi connectivity index (χ1v) is 8.55. The fourth-order valence-electron chi connectivity index (χ4n) is 2.58. The van der Waals surface area contributed by atoms with Crippen molar-refractivity contribution in [2.24, 2.45) is 0 Å². The number of carbonyl (C=O) groups is 1. The van der Waals surface area contributed by atoms with Crippen LogP contribution in [0.25, 0.3) is 0 Å². The van der Waals surface area contributed by atoms with Crippen molar-refractivity contribution in [1.82, 2.24) is 4.90 Å². The van der Waals surface area contributed by atoms with Crippen molar-refractivity contribution in [3.8, 4) is 5.75 Å². The number of anilines is 1. The second-order valence-corrected chi connectivity index (χ2v) is 8.30. The van der Waals surface area contributed by atoms with Crippen molar-refractivity contribution in [1.29, 1.82) is 0 Å². The zero-order valence-electron chi connectivity index (χ0n) is 15.7. The van der Waals surface area contributed by atoms with Gasteiger partial charge in [-0.25, -0.2) is 4.79 Å². The molecule has 1 unspecified atom stereocenters. The molecule has 1 atom stereocenters. The van der Waals surface area contributed by atoms with Crippen LogP contribution in [0.1, 0.15) is 48.0 Å². The summed E-state index contributed by atoms with van der Waals surface area (Å²) in [6.07, 6.45) is 0.681. The Labute approximate surface area is 145 Å². The molecule has 5 heteroatoms. The van der Waals surface area contributed by atoms with Crippen molar-refractivity contribution in [2.45, 2.75) is 65.2 Å². The third-order valence-corrected chi connectivity index (χ3v) is 3.49. The summed E-state index contributed by atoms with van der Waals surface area (Å²) in [5.41, 5.74) is 0.382. The SMILES string of the molecule is CC(C)(C)OC(=O)N1CCC(Nc2ccc(OC(C)(C)C)cc2)C1. The van der Waals surface area contributed by atoms with Crippen molar-refractivity contribution < 1.29 is 14.3 Å². The Kier molecular flexibility index (Phi) is 5.31.